The topological polar surface area (TPSA) is 68.3 Å². The molecule has 3 rings (SSSR count). The zero-order valence-electron chi connectivity index (χ0n) is 13.8. The molecule has 6 heteroatoms. The number of rotatable bonds is 4. The molecule has 0 fully saturated rings. The Morgan fingerprint density at radius 1 is 1.04 bits per heavy atom. The number of aromatic nitrogens is 1. The fourth-order valence-electron chi connectivity index (χ4n) is 2.20. The minimum atomic E-state index is -0.399. The molecule has 0 spiro atoms. The second-order valence-electron chi connectivity index (χ2n) is 5.48. The third-order valence-electron chi connectivity index (χ3n) is 3.45. The summed E-state index contributed by atoms with van der Waals surface area (Å²) in [5.41, 5.74) is 3.48. The van der Waals surface area contributed by atoms with E-state index in [1.807, 2.05) is 36.6 Å². The fraction of sp³-hybridized carbons (Fsp3) is 0.105. The Morgan fingerprint density at radius 3 is 2.36 bits per heavy atom. The Kier molecular flexibility index (Phi) is 4.90. The van der Waals surface area contributed by atoms with Gasteiger partial charge in [-0.05, 0) is 31.2 Å². The SMILES string of the molecule is CC(=O)Oc1ccc(C(=O)Nc2nc(-c3ccc(C)cc3)cs2)cc1. The van der Waals surface area contributed by atoms with E-state index in [2.05, 4.69) is 10.3 Å². The van der Waals surface area contributed by atoms with Crippen LogP contribution in [0.2, 0.25) is 0 Å². The van der Waals surface area contributed by atoms with Crippen molar-refractivity contribution in [3.63, 3.8) is 0 Å². The number of aryl methyl sites for hydroxylation is 1. The number of hydrogen-bond donors (Lipinski definition) is 1. The molecule has 3 aromatic rings. The van der Waals surface area contributed by atoms with Crippen molar-refractivity contribution in [2.75, 3.05) is 5.32 Å². The van der Waals surface area contributed by atoms with Crippen LogP contribution in [0.5, 0.6) is 5.75 Å². The molecule has 2 aromatic carbocycles. The van der Waals surface area contributed by atoms with Gasteiger partial charge in [-0.3, -0.25) is 14.9 Å². The third-order valence-corrected chi connectivity index (χ3v) is 4.21. The van der Waals surface area contributed by atoms with Crippen LogP contribution in [0.1, 0.15) is 22.8 Å². The highest BCUT2D eigenvalue weighted by molar-refractivity contribution is 7.14. The second kappa shape index (κ2) is 7.27. The third kappa shape index (κ3) is 4.30. The Balaban J connectivity index is 1.69. The number of amides is 1. The highest BCUT2D eigenvalue weighted by Crippen LogP contribution is 2.25. The molecule has 0 aliphatic heterocycles. The lowest BCUT2D eigenvalue weighted by Gasteiger charge is -2.04. The molecule has 0 unspecified atom stereocenters. The van der Waals surface area contributed by atoms with Crippen molar-refractivity contribution in [1.82, 2.24) is 4.98 Å². The first-order valence-corrected chi connectivity index (χ1v) is 8.51. The molecule has 5 nitrogen and oxygen atoms in total. The minimum Gasteiger partial charge on any atom is -0.427 e. The molecular formula is C19H16N2O3S. The van der Waals surface area contributed by atoms with Crippen LogP contribution in [0.25, 0.3) is 11.3 Å². The van der Waals surface area contributed by atoms with Crippen LogP contribution >= 0.6 is 11.3 Å². The van der Waals surface area contributed by atoms with E-state index < -0.39 is 5.97 Å². The van der Waals surface area contributed by atoms with Gasteiger partial charge in [-0.2, -0.15) is 0 Å². The van der Waals surface area contributed by atoms with Gasteiger partial charge < -0.3 is 4.74 Å². The molecule has 0 bridgehead atoms. The molecule has 0 saturated carbocycles. The Hall–Kier alpha value is -2.99. The van der Waals surface area contributed by atoms with Crippen LogP contribution in [0.4, 0.5) is 5.13 Å². The summed E-state index contributed by atoms with van der Waals surface area (Å²) in [5.74, 6) is -0.261. The summed E-state index contributed by atoms with van der Waals surface area (Å²) in [6.45, 7) is 3.36. The van der Waals surface area contributed by atoms with Crippen molar-refractivity contribution in [3.8, 4) is 17.0 Å². The van der Waals surface area contributed by atoms with E-state index in [0.29, 0.717) is 16.4 Å². The Labute approximate surface area is 149 Å². The van der Waals surface area contributed by atoms with Crippen LogP contribution in [0.3, 0.4) is 0 Å². The van der Waals surface area contributed by atoms with Crippen molar-refractivity contribution >= 4 is 28.3 Å². The van der Waals surface area contributed by atoms with Gasteiger partial charge in [0, 0.05) is 23.4 Å². The lowest BCUT2D eigenvalue weighted by atomic mass is 10.1. The molecule has 0 aliphatic carbocycles. The molecule has 1 aromatic heterocycles. The largest absolute Gasteiger partial charge is 0.427 e. The van der Waals surface area contributed by atoms with Crippen molar-refractivity contribution < 1.29 is 14.3 Å². The molecule has 1 N–H and O–H groups in total. The van der Waals surface area contributed by atoms with Crippen LogP contribution in [-0.4, -0.2) is 16.9 Å². The van der Waals surface area contributed by atoms with Gasteiger partial charge >= 0.3 is 5.97 Å². The second-order valence-corrected chi connectivity index (χ2v) is 6.33. The summed E-state index contributed by atoms with van der Waals surface area (Å²) >= 11 is 1.37. The Morgan fingerprint density at radius 2 is 1.72 bits per heavy atom. The zero-order valence-corrected chi connectivity index (χ0v) is 14.6. The number of carbonyl (C=O) groups excluding carboxylic acids is 2. The lowest BCUT2D eigenvalue weighted by molar-refractivity contribution is -0.131. The first kappa shape index (κ1) is 16.9. The lowest BCUT2D eigenvalue weighted by Crippen LogP contribution is -2.11. The van der Waals surface area contributed by atoms with Crippen molar-refractivity contribution in [2.45, 2.75) is 13.8 Å². The average Bonchev–Trinajstić information content (AvgIpc) is 3.04. The number of anilines is 1. The quantitative estimate of drug-likeness (QED) is 0.562. The van der Waals surface area contributed by atoms with Crippen molar-refractivity contribution in [2.24, 2.45) is 0 Å². The van der Waals surface area contributed by atoms with Crippen LogP contribution in [0.15, 0.2) is 53.9 Å². The summed E-state index contributed by atoms with van der Waals surface area (Å²) in [7, 11) is 0. The predicted molar refractivity (Wildman–Crippen MR) is 98.0 cm³/mol. The number of nitrogens with one attached hydrogen (secondary N) is 1. The number of esters is 1. The summed E-state index contributed by atoms with van der Waals surface area (Å²) in [6, 6.07) is 14.4. The van der Waals surface area contributed by atoms with Crippen molar-refractivity contribution in [1.29, 1.82) is 0 Å². The van der Waals surface area contributed by atoms with Gasteiger partial charge in [0.05, 0.1) is 5.69 Å². The monoisotopic (exact) mass is 352 g/mol. The molecule has 25 heavy (non-hydrogen) atoms. The molecule has 126 valence electrons. The molecular weight excluding hydrogens is 336 g/mol. The predicted octanol–water partition coefficient (Wildman–Crippen LogP) is 4.30. The van der Waals surface area contributed by atoms with Gasteiger partial charge in [-0.25, -0.2) is 4.98 Å². The molecule has 0 saturated heterocycles. The van der Waals surface area contributed by atoms with Gasteiger partial charge in [0.25, 0.3) is 5.91 Å². The van der Waals surface area contributed by atoms with E-state index in [9.17, 15) is 9.59 Å². The Bertz CT molecular complexity index is 899. The first-order valence-electron chi connectivity index (χ1n) is 7.63. The molecule has 1 heterocycles. The maximum atomic E-state index is 12.3. The van der Waals surface area contributed by atoms with Gasteiger partial charge in [0.1, 0.15) is 5.75 Å². The summed E-state index contributed by atoms with van der Waals surface area (Å²) < 4.78 is 4.95. The number of benzene rings is 2. The molecule has 1 amide bonds. The average molecular weight is 352 g/mol. The van der Waals surface area contributed by atoms with E-state index in [0.717, 1.165) is 11.3 Å². The number of ether oxygens (including phenoxy) is 1. The van der Waals surface area contributed by atoms with Crippen LogP contribution < -0.4 is 10.1 Å². The zero-order chi connectivity index (χ0) is 17.8. The summed E-state index contributed by atoms with van der Waals surface area (Å²) in [4.78, 5) is 27.6. The number of carbonyl (C=O) groups is 2. The highest BCUT2D eigenvalue weighted by Gasteiger charge is 2.10. The summed E-state index contributed by atoms with van der Waals surface area (Å²) in [5, 5.41) is 5.22. The van der Waals surface area contributed by atoms with E-state index in [-0.39, 0.29) is 5.91 Å². The smallest absolute Gasteiger partial charge is 0.308 e. The highest BCUT2D eigenvalue weighted by atomic mass is 32.1. The van der Waals surface area contributed by atoms with Gasteiger partial charge in [-0.1, -0.05) is 29.8 Å². The van der Waals surface area contributed by atoms with Crippen LogP contribution in [0, 0.1) is 6.92 Å². The standard InChI is InChI=1S/C19H16N2O3S/c1-12-3-5-14(6-4-12)17-11-25-19(20-17)21-18(23)15-7-9-16(10-8-15)24-13(2)22/h3-11H,1-2H3,(H,20,21,23). The summed E-state index contributed by atoms with van der Waals surface area (Å²) in [6.07, 6.45) is 0. The van der Waals surface area contributed by atoms with E-state index >= 15 is 0 Å². The van der Waals surface area contributed by atoms with Gasteiger partial charge in [0.15, 0.2) is 5.13 Å². The number of hydrogen-bond acceptors (Lipinski definition) is 5. The van der Waals surface area contributed by atoms with Gasteiger partial charge in [-0.15, -0.1) is 11.3 Å². The minimum absolute atomic E-state index is 0.265. The maximum Gasteiger partial charge on any atom is 0.308 e. The number of nitrogens with zero attached hydrogens (tertiary/aromatic N) is 1. The molecule has 0 radical (unpaired) electrons. The van der Waals surface area contributed by atoms with E-state index in [1.165, 1.54) is 23.8 Å². The van der Waals surface area contributed by atoms with E-state index in [1.54, 1.807) is 24.3 Å². The number of thiazole rings is 1. The van der Waals surface area contributed by atoms with Crippen molar-refractivity contribution in [3.05, 3.63) is 65.0 Å². The van der Waals surface area contributed by atoms with E-state index in [4.69, 9.17) is 4.74 Å². The first-order chi connectivity index (χ1) is 12.0. The maximum absolute atomic E-state index is 12.3. The normalized spacial score (nSPS) is 10.3. The molecule has 0 atom stereocenters. The molecule has 0 aliphatic rings. The fourth-order valence-corrected chi connectivity index (χ4v) is 2.91. The van der Waals surface area contributed by atoms with Crippen LogP contribution in [-0.2, 0) is 4.79 Å². The van der Waals surface area contributed by atoms with Gasteiger partial charge in [0.2, 0.25) is 0 Å².